The summed E-state index contributed by atoms with van der Waals surface area (Å²) >= 11 is 0. The first-order chi connectivity index (χ1) is 15.8. The summed E-state index contributed by atoms with van der Waals surface area (Å²) in [5.74, 6) is -1.43. The van der Waals surface area contributed by atoms with Crippen LogP contribution < -0.4 is 4.74 Å². The van der Waals surface area contributed by atoms with E-state index in [4.69, 9.17) is 4.74 Å². The van der Waals surface area contributed by atoms with Crippen LogP contribution >= 0.6 is 0 Å². The summed E-state index contributed by atoms with van der Waals surface area (Å²) in [4.78, 5) is 29.2. The maximum absolute atomic E-state index is 13.5. The average molecular weight is 455 g/mol. The van der Waals surface area contributed by atoms with E-state index >= 15 is 0 Å². The Kier molecular flexibility index (Phi) is 8.22. The number of rotatable bonds is 10. The third-order valence-electron chi connectivity index (χ3n) is 5.66. The maximum atomic E-state index is 13.5. The zero-order valence-corrected chi connectivity index (χ0v) is 19.4. The van der Waals surface area contributed by atoms with E-state index in [2.05, 4.69) is 6.92 Å². The predicted molar refractivity (Wildman–Crippen MR) is 125 cm³/mol. The number of nitrogens with zero attached hydrogens (tertiary/aromatic N) is 2. The largest absolute Gasteiger partial charge is 0.507 e. The molecule has 1 atom stereocenters. The van der Waals surface area contributed by atoms with Crippen molar-refractivity contribution in [2.24, 2.45) is 0 Å². The van der Waals surface area contributed by atoms with Gasteiger partial charge in [-0.25, -0.2) is 4.39 Å². The zero-order valence-electron chi connectivity index (χ0n) is 19.4. The lowest BCUT2D eigenvalue weighted by molar-refractivity contribution is -0.140. The molecule has 0 radical (unpaired) electrons. The topological polar surface area (TPSA) is 70.1 Å². The van der Waals surface area contributed by atoms with Gasteiger partial charge in [-0.3, -0.25) is 9.59 Å². The summed E-state index contributed by atoms with van der Waals surface area (Å²) in [6, 6.07) is 11.6. The molecule has 0 bridgehead atoms. The van der Waals surface area contributed by atoms with Gasteiger partial charge in [-0.05, 0) is 62.5 Å². The standard InChI is InChI=1S/C26H31FN2O4/c1-4-5-6-17-33-21-13-9-19(10-14-21)24(30)22-23(18-7-11-20(27)12-8-18)29(16-15-28(2)3)26(32)25(22)31/h7-14,23,30H,4-6,15-17H2,1-3H3/b24-22-. The summed E-state index contributed by atoms with van der Waals surface area (Å²) in [6.45, 7) is 3.57. The normalized spacial score (nSPS) is 17.7. The number of likely N-dealkylation sites (N-methyl/N-ethyl adjacent to an activating group) is 1. The minimum absolute atomic E-state index is 0.00183. The minimum atomic E-state index is -0.796. The van der Waals surface area contributed by atoms with Crippen molar-refractivity contribution in [1.82, 2.24) is 9.80 Å². The number of aliphatic hydroxyl groups is 1. The Hall–Kier alpha value is -3.19. The Morgan fingerprint density at radius 2 is 1.73 bits per heavy atom. The van der Waals surface area contributed by atoms with Crippen molar-refractivity contribution in [1.29, 1.82) is 0 Å². The first-order valence-corrected chi connectivity index (χ1v) is 11.2. The molecule has 1 amide bonds. The molecular formula is C26H31FN2O4. The smallest absolute Gasteiger partial charge is 0.295 e. The number of amides is 1. The van der Waals surface area contributed by atoms with Crippen molar-refractivity contribution in [3.8, 4) is 5.75 Å². The van der Waals surface area contributed by atoms with Crippen LogP contribution in [-0.2, 0) is 9.59 Å². The second-order valence-corrected chi connectivity index (χ2v) is 8.43. The van der Waals surface area contributed by atoms with Gasteiger partial charge in [0, 0.05) is 18.7 Å². The van der Waals surface area contributed by atoms with Crippen LogP contribution in [0.2, 0.25) is 0 Å². The van der Waals surface area contributed by atoms with Gasteiger partial charge in [0.1, 0.15) is 17.3 Å². The number of unbranched alkanes of at least 4 members (excludes halogenated alkanes) is 2. The van der Waals surface area contributed by atoms with E-state index in [1.807, 2.05) is 19.0 Å². The number of aliphatic hydroxyl groups excluding tert-OH is 1. The predicted octanol–water partition coefficient (Wildman–Crippen LogP) is 4.38. The van der Waals surface area contributed by atoms with Crippen LogP contribution in [-0.4, -0.2) is 60.4 Å². The van der Waals surface area contributed by atoms with Crippen molar-refractivity contribution >= 4 is 17.4 Å². The van der Waals surface area contributed by atoms with Gasteiger partial charge in [0.15, 0.2) is 0 Å². The molecule has 1 unspecified atom stereocenters. The molecule has 2 aromatic rings. The minimum Gasteiger partial charge on any atom is -0.507 e. The first-order valence-electron chi connectivity index (χ1n) is 11.2. The Morgan fingerprint density at radius 3 is 2.33 bits per heavy atom. The molecule has 2 aromatic carbocycles. The number of hydrogen-bond acceptors (Lipinski definition) is 5. The van der Waals surface area contributed by atoms with Gasteiger partial charge in [-0.15, -0.1) is 0 Å². The van der Waals surface area contributed by atoms with Crippen LogP contribution in [0, 0.1) is 5.82 Å². The first kappa shape index (κ1) is 24.5. The number of ketones is 1. The van der Waals surface area contributed by atoms with Gasteiger partial charge in [-0.2, -0.15) is 0 Å². The zero-order chi connectivity index (χ0) is 24.0. The fraction of sp³-hybridized carbons (Fsp3) is 0.385. The Balaban J connectivity index is 1.95. The quantitative estimate of drug-likeness (QED) is 0.250. The molecule has 0 saturated carbocycles. The lowest BCUT2D eigenvalue weighted by Crippen LogP contribution is -2.35. The van der Waals surface area contributed by atoms with Gasteiger partial charge in [0.25, 0.3) is 11.7 Å². The van der Waals surface area contributed by atoms with Gasteiger partial charge in [0.05, 0.1) is 18.2 Å². The van der Waals surface area contributed by atoms with E-state index in [9.17, 15) is 19.1 Å². The molecule has 3 rings (SSSR count). The lowest BCUT2D eigenvalue weighted by atomic mass is 9.95. The molecule has 1 heterocycles. The molecule has 33 heavy (non-hydrogen) atoms. The molecule has 176 valence electrons. The molecule has 1 aliphatic heterocycles. The lowest BCUT2D eigenvalue weighted by Gasteiger charge is -2.26. The van der Waals surface area contributed by atoms with Crippen molar-refractivity contribution in [3.63, 3.8) is 0 Å². The molecule has 0 aromatic heterocycles. The summed E-state index contributed by atoms with van der Waals surface area (Å²) < 4.78 is 19.3. The molecule has 7 heteroatoms. The van der Waals surface area contributed by atoms with E-state index in [-0.39, 0.29) is 11.3 Å². The summed E-state index contributed by atoms with van der Waals surface area (Å²) in [7, 11) is 3.74. The Bertz CT molecular complexity index is 1000. The summed E-state index contributed by atoms with van der Waals surface area (Å²) in [5, 5.41) is 11.1. The fourth-order valence-electron chi connectivity index (χ4n) is 3.82. The monoisotopic (exact) mass is 454 g/mol. The third-order valence-corrected chi connectivity index (χ3v) is 5.66. The summed E-state index contributed by atoms with van der Waals surface area (Å²) in [5.41, 5.74) is 0.974. The average Bonchev–Trinajstić information content (AvgIpc) is 3.05. The number of carbonyl (C=O) groups is 2. The fourth-order valence-corrected chi connectivity index (χ4v) is 3.82. The second kappa shape index (κ2) is 11.1. The number of carbonyl (C=O) groups excluding carboxylic acids is 2. The molecule has 1 saturated heterocycles. The van der Waals surface area contributed by atoms with Crippen molar-refractivity contribution < 1.29 is 23.8 Å². The highest BCUT2D eigenvalue weighted by Gasteiger charge is 2.45. The summed E-state index contributed by atoms with van der Waals surface area (Å²) in [6.07, 6.45) is 3.17. The van der Waals surface area contributed by atoms with Crippen LogP contribution in [0.15, 0.2) is 54.1 Å². The van der Waals surface area contributed by atoms with E-state index in [1.54, 1.807) is 24.3 Å². The molecule has 0 aliphatic carbocycles. The number of halogens is 1. The molecule has 6 nitrogen and oxygen atoms in total. The van der Waals surface area contributed by atoms with E-state index < -0.39 is 23.5 Å². The van der Waals surface area contributed by atoms with Crippen LogP contribution in [0.25, 0.3) is 5.76 Å². The number of benzene rings is 2. The highest BCUT2D eigenvalue weighted by molar-refractivity contribution is 6.46. The van der Waals surface area contributed by atoms with E-state index in [0.717, 1.165) is 19.3 Å². The number of ether oxygens (including phenoxy) is 1. The third kappa shape index (κ3) is 5.79. The van der Waals surface area contributed by atoms with Crippen LogP contribution in [0.1, 0.15) is 43.4 Å². The van der Waals surface area contributed by atoms with E-state index in [0.29, 0.717) is 36.6 Å². The van der Waals surface area contributed by atoms with Crippen molar-refractivity contribution in [2.45, 2.75) is 32.2 Å². The second-order valence-electron chi connectivity index (χ2n) is 8.43. The van der Waals surface area contributed by atoms with Gasteiger partial charge < -0.3 is 19.6 Å². The van der Waals surface area contributed by atoms with Gasteiger partial charge in [0.2, 0.25) is 0 Å². The Morgan fingerprint density at radius 1 is 1.06 bits per heavy atom. The van der Waals surface area contributed by atoms with Gasteiger partial charge >= 0.3 is 0 Å². The van der Waals surface area contributed by atoms with Crippen molar-refractivity contribution in [3.05, 3.63) is 71.0 Å². The maximum Gasteiger partial charge on any atom is 0.295 e. The van der Waals surface area contributed by atoms with Crippen molar-refractivity contribution in [2.75, 3.05) is 33.8 Å². The SMILES string of the molecule is CCCCCOc1ccc(/C(O)=C2/C(=O)C(=O)N(CCN(C)C)C2c2ccc(F)cc2)cc1. The molecule has 1 N–H and O–H groups in total. The molecule has 0 spiro atoms. The van der Waals surface area contributed by atoms with E-state index in [1.165, 1.54) is 29.2 Å². The van der Waals surface area contributed by atoms with Crippen LogP contribution in [0.5, 0.6) is 5.75 Å². The number of Topliss-reactive ketones (excluding diaryl/α,β-unsaturated/α-hetero) is 1. The van der Waals surface area contributed by atoms with Crippen LogP contribution in [0.4, 0.5) is 4.39 Å². The number of hydrogen-bond donors (Lipinski definition) is 1. The molecule has 1 fully saturated rings. The highest BCUT2D eigenvalue weighted by Crippen LogP contribution is 2.39. The highest BCUT2D eigenvalue weighted by atomic mass is 19.1. The van der Waals surface area contributed by atoms with Gasteiger partial charge in [-0.1, -0.05) is 31.9 Å². The molecular weight excluding hydrogens is 423 g/mol. The number of likely N-dealkylation sites (tertiary alicyclic amines) is 1. The van der Waals surface area contributed by atoms with Crippen LogP contribution in [0.3, 0.4) is 0 Å². The molecule has 1 aliphatic rings. The Labute approximate surface area is 194 Å².